The number of nitrogens with zero attached hydrogens (tertiary/aromatic N) is 4. The maximum atomic E-state index is 12.5. The molecule has 1 aromatic carbocycles. The summed E-state index contributed by atoms with van der Waals surface area (Å²) < 4.78 is 1.52. The van der Waals surface area contributed by atoms with Crippen molar-refractivity contribution in [1.29, 1.82) is 0 Å². The minimum atomic E-state index is -0.231. The lowest BCUT2D eigenvalue weighted by atomic mass is 9.92. The number of anilines is 2. The fraction of sp³-hybridized carbons (Fsp3) is 0.318. The minimum Gasteiger partial charge on any atom is -0.325 e. The quantitative estimate of drug-likeness (QED) is 0.585. The van der Waals surface area contributed by atoms with Crippen LogP contribution in [0, 0.1) is 6.92 Å². The van der Waals surface area contributed by atoms with Crippen molar-refractivity contribution in [2.75, 3.05) is 22.1 Å². The first kappa shape index (κ1) is 22.5. The summed E-state index contributed by atoms with van der Waals surface area (Å²) >= 11 is 1.24. The largest absolute Gasteiger partial charge is 0.325 e. The van der Waals surface area contributed by atoms with Gasteiger partial charge < -0.3 is 10.6 Å². The standard InChI is InChI=1S/C22H26N6O2S/c1-15-6-8-16(9-7-15)25-19(29)13-31-14-20(30)26-18-12-17(22(2,3)4)27-28(18)21-23-10-5-11-24-21/h5-12H,13-14H2,1-4H3,(H,25,29)(H,26,30). The number of aromatic nitrogens is 4. The van der Waals surface area contributed by atoms with E-state index in [1.807, 2.05) is 58.0 Å². The fourth-order valence-electron chi connectivity index (χ4n) is 2.64. The Morgan fingerprint density at radius 3 is 2.23 bits per heavy atom. The van der Waals surface area contributed by atoms with Crippen LogP contribution in [0.25, 0.3) is 5.95 Å². The average Bonchev–Trinajstić information content (AvgIpc) is 3.14. The van der Waals surface area contributed by atoms with E-state index in [4.69, 9.17) is 0 Å². The molecule has 162 valence electrons. The van der Waals surface area contributed by atoms with E-state index in [0.29, 0.717) is 11.8 Å². The van der Waals surface area contributed by atoms with E-state index in [0.717, 1.165) is 16.9 Å². The maximum absolute atomic E-state index is 12.5. The Morgan fingerprint density at radius 2 is 1.61 bits per heavy atom. The van der Waals surface area contributed by atoms with Gasteiger partial charge in [-0.2, -0.15) is 9.78 Å². The number of hydrogen-bond donors (Lipinski definition) is 2. The van der Waals surface area contributed by atoms with Gasteiger partial charge in [-0.25, -0.2) is 9.97 Å². The lowest BCUT2D eigenvalue weighted by molar-refractivity contribution is -0.114. The second-order valence-corrected chi connectivity index (χ2v) is 9.07. The van der Waals surface area contributed by atoms with Crippen molar-refractivity contribution in [3.63, 3.8) is 0 Å². The normalized spacial score (nSPS) is 11.2. The summed E-state index contributed by atoms with van der Waals surface area (Å²) in [4.78, 5) is 33.0. The molecule has 0 aliphatic carbocycles. The molecule has 9 heteroatoms. The maximum Gasteiger partial charge on any atom is 0.252 e. The molecule has 31 heavy (non-hydrogen) atoms. The highest BCUT2D eigenvalue weighted by Gasteiger charge is 2.22. The third-order valence-corrected chi connectivity index (χ3v) is 5.22. The Bertz CT molecular complexity index is 1040. The molecule has 2 aromatic heterocycles. The van der Waals surface area contributed by atoms with Crippen molar-refractivity contribution in [3.05, 3.63) is 60.0 Å². The van der Waals surface area contributed by atoms with Gasteiger partial charge in [-0.1, -0.05) is 38.5 Å². The van der Waals surface area contributed by atoms with Crippen LogP contribution in [0.5, 0.6) is 0 Å². The molecule has 3 rings (SSSR count). The summed E-state index contributed by atoms with van der Waals surface area (Å²) in [7, 11) is 0. The van der Waals surface area contributed by atoms with Gasteiger partial charge in [0.25, 0.3) is 5.95 Å². The highest BCUT2D eigenvalue weighted by molar-refractivity contribution is 8.00. The fourth-order valence-corrected chi connectivity index (χ4v) is 3.26. The average molecular weight is 439 g/mol. The highest BCUT2D eigenvalue weighted by atomic mass is 32.2. The molecule has 0 bridgehead atoms. The molecule has 2 N–H and O–H groups in total. The smallest absolute Gasteiger partial charge is 0.252 e. The van der Waals surface area contributed by atoms with Crippen LogP contribution in [-0.2, 0) is 15.0 Å². The number of nitrogens with one attached hydrogen (secondary N) is 2. The molecule has 2 amide bonds. The Balaban J connectivity index is 1.59. The van der Waals surface area contributed by atoms with Gasteiger partial charge in [-0.3, -0.25) is 9.59 Å². The lowest BCUT2D eigenvalue weighted by Crippen LogP contribution is -2.20. The van der Waals surface area contributed by atoms with Crippen molar-refractivity contribution in [2.45, 2.75) is 33.1 Å². The number of amides is 2. The van der Waals surface area contributed by atoms with E-state index in [2.05, 4.69) is 25.7 Å². The molecule has 0 fully saturated rings. The zero-order valence-electron chi connectivity index (χ0n) is 18.0. The summed E-state index contributed by atoms with van der Waals surface area (Å²) in [6.07, 6.45) is 3.24. The molecule has 0 radical (unpaired) electrons. The van der Waals surface area contributed by atoms with Gasteiger partial charge in [0.1, 0.15) is 5.82 Å². The van der Waals surface area contributed by atoms with Gasteiger partial charge in [0.15, 0.2) is 0 Å². The van der Waals surface area contributed by atoms with Crippen LogP contribution in [0.3, 0.4) is 0 Å². The zero-order chi connectivity index (χ0) is 22.4. The molecule has 0 aliphatic heterocycles. The van der Waals surface area contributed by atoms with Gasteiger partial charge in [0.2, 0.25) is 11.8 Å². The van der Waals surface area contributed by atoms with E-state index in [9.17, 15) is 9.59 Å². The summed E-state index contributed by atoms with van der Waals surface area (Å²) in [5.41, 5.74) is 2.46. The molecule has 0 spiro atoms. The van der Waals surface area contributed by atoms with E-state index < -0.39 is 0 Å². The van der Waals surface area contributed by atoms with E-state index in [-0.39, 0.29) is 28.7 Å². The van der Waals surface area contributed by atoms with Crippen LogP contribution in [0.1, 0.15) is 32.0 Å². The van der Waals surface area contributed by atoms with Crippen LogP contribution in [0.4, 0.5) is 11.5 Å². The third kappa shape index (κ3) is 6.39. The van der Waals surface area contributed by atoms with E-state index >= 15 is 0 Å². The first-order valence-electron chi connectivity index (χ1n) is 9.84. The molecule has 2 heterocycles. The first-order chi connectivity index (χ1) is 14.7. The monoisotopic (exact) mass is 438 g/mol. The molecular weight excluding hydrogens is 412 g/mol. The first-order valence-corrected chi connectivity index (χ1v) is 11.0. The molecule has 0 atom stereocenters. The second kappa shape index (κ2) is 9.74. The molecule has 0 saturated heterocycles. The summed E-state index contributed by atoms with van der Waals surface area (Å²) in [6, 6.07) is 11.1. The number of benzene rings is 1. The Labute approximate surface area is 185 Å². The van der Waals surface area contributed by atoms with Gasteiger partial charge in [0.05, 0.1) is 17.2 Å². The van der Waals surface area contributed by atoms with Crippen molar-refractivity contribution in [2.24, 2.45) is 0 Å². The van der Waals surface area contributed by atoms with Crippen molar-refractivity contribution < 1.29 is 9.59 Å². The number of hydrogen-bond acceptors (Lipinski definition) is 6. The summed E-state index contributed by atoms with van der Waals surface area (Å²) in [6.45, 7) is 8.11. The third-order valence-electron chi connectivity index (χ3n) is 4.29. The Kier molecular flexibility index (Phi) is 7.06. The van der Waals surface area contributed by atoms with Gasteiger partial charge in [0, 0.05) is 29.6 Å². The Hall–Kier alpha value is -3.20. The molecular formula is C22H26N6O2S. The number of carbonyl (C=O) groups excluding carboxylic acids is 2. The summed E-state index contributed by atoms with van der Waals surface area (Å²) in [5.74, 6) is 0.789. The molecule has 0 unspecified atom stereocenters. The van der Waals surface area contributed by atoms with Crippen molar-refractivity contribution in [1.82, 2.24) is 19.7 Å². The SMILES string of the molecule is Cc1ccc(NC(=O)CSCC(=O)Nc2cc(C(C)(C)C)nn2-c2ncccn2)cc1. The number of aryl methyl sites for hydroxylation is 1. The van der Waals surface area contributed by atoms with E-state index in [1.54, 1.807) is 18.5 Å². The van der Waals surface area contributed by atoms with Crippen LogP contribution in [0.2, 0.25) is 0 Å². The van der Waals surface area contributed by atoms with Gasteiger partial charge in [-0.05, 0) is 25.1 Å². The molecule has 0 saturated carbocycles. The van der Waals surface area contributed by atoms with Crippen LogP contribution in [0.15, 0.2) is 48.8 Å². The van der Waals surface area contributed by atoms with E-state index in [1.165, 1.54) is 16.4 Å². The highest BCUT2D eigenvalue weighted by Crippen LogP contribution is 2.25. The number of thioether (sulfide) groups is 1. The van der Waals surface area contributed by atoms with Crippen LogP contribution in [-0.4, -0.2) is 43.1 Å². The molecule has 3 aromatic rings. The molecule has 8 nitrogen and oxygen atoms in total. The summed E-state index contributed by atoms with van der Waals surface area (Å²) in [5, 5.41) is 10.3. The number of carbonyl (C=O) groups is 2. The van der Waals surface area contributed by atoms with Crippen LogP contribution < -0.4 is 10.6 Å². The number of rotatable bonds is 7. The molecule has 0 aliphatic rings. The predicted octanol–water partition coefficient (Wildman–Crippen LogP) is 3.58. The van der Waals surface area contributed by atoms with Crippen molar-refractivity contribution >= 4 is 35.1 Å². The zero-order valence-corrected chi connectivity index (χ0v) is 18.9. The predicted molar refractivity (Wildman–Crippen MR) is 124 cm³/mol. The minimum absolute atomic E-state index is 0.132. The van der Waals surface area contributed by atoms with Gasteiger partial charge >= 0.3 is 0 Å². The lowest BCUT2D eigenvalue weighted by Gasteiger charge is -2.13. The van der Waals surface area contributed by atoms with Gasteiger partial charge in [-0.15, -0.1) is 11.8 Å². The topological polar surface area (TPSA) is 102 Å². The van der Waals surface area contributed by atoms with Crippen molar-refractivity contribution in [3.8, 4) is 5.95 Å². The second-order valence-electron chi connectivity index (χ2n) is 8.08. The Morgan fingerprint density at radius 1 is 1.00 bits per heavy atom. The van der Waals surface area contributed by atoms with Crippen LogP contribution >= 0.6 is 11.8 Å².